The molecule has 0 saturated heterocycles. The summed E-state index contributed by atoms with van der Waals surface area (Å²) in [6, 6.07) is 18.3. The predicted octanol–water partition coefficient (Wildman–Crippen LogP) is 5.09. The molecule has 1 N–H and O–H groups in total. The summed E-state index contributed by atoms with van der Waals surface area (Å²) < 4.78 is 12.5. The van der Waals surface area contributed by atoms with E-state index >= 15 is 0 Å². The average Bonchev–Trinajstić information content (AvgIpc) is 3.33. The van der Waals surface area contributed by atoms with Gasteiger partial charge in [0.15, 0.2) is 18.2 Å². The lowest BCUT2D eigenvalue weighted by molar-refractivity contribution is -0.386. The Bertz CT molecular complexity index is 1430. The van der Waals surface area contributed by atoms with E-state index in [4.69, 9.17) is 9.47 Å². The van der Waals surface area contributed by atoms with Gasteiger partial charge >= 0.3 is 5.69 Å². The summed E-state index contributed by atoms with van der Waals surface area (Å²) in [7, 11) is 0. The number of carbonyl (C=O) groups excluding carboxylic acids is 1. The molecular weight excluding hydrogens is 470 g/mol. The van der Waals surface area contributed by atoms with Gasteiger partial charge in [0, 0.05) is 24.4 Å². The SMILES string of the molecule is Cc1ccc(Oc2cc(NC(=O)c3ccn(COc4ccccc4[N+](=O)[O-])n3)cc([N+](=O)[O-])c2)cc1. The lowest BCUT2D eigenvalue weighted by atomic mass is 10.2. The first-order valence-corrected chi connectivity index (χ1v) is 10.5. The molecule has 4 aromatic rings. The summed E-state index contributed by atoms with van der Waals surface area (Å²) in [4.78, 5) is 34.0. The molecular formula is C24H19N5O7. The molecule has 1 amide bonds. The minimum absolute atomic E-state index is 0.00803. The van der Waals surface area contributed by atoms with Gasteiger partial charge in [-0.15, -0.1) is 0 Å². The van der Waals surface area contributed by atoms with Gasteiger partial charge in [-0.05, 0) is 31.2 Å². The van der Waals surface area contributed by atoms with Crippen LogP contribution in [0, 0.1) is 27.2 Å². The fraction of sp³-hybridized carbons (Fsp3) is 0.0833. The molecule has 182 valence electrons. The number of hydrogen-bond acceptors (Lipinski definition) is 8. The third-order valence-electron chi connectivity index (χ3n) is 4.90. The molecule has 0 saturated carbocycles. The Morgan fingerprint density at radius 3 is 2.44 bits per heavy atom. The molecule has 1 heterocycles. The standard InChI is InChI=1S/C24H19N5O7/c1-16-6-8-19(9-7-16)36-20-13-17(12-18(14-20)28(31)32)25-24(30)21-10-11-27(26-21)15-35-23-5-3-2-4-22(23)29(33)34/h2-14H,15H2,1H3,(H,25,30). The molecule has 0 aliphatic carbocycles. The van der Waals surface area contributed by atoms with Crippen LogP contribution in [0.2, 0.25) is 0 Å². The fourth-order valence-electron chi connectivity index (χ4n) is 3.18. The van der Waals surface area contributed by atoms with Gasteiger partial charge in [0.2, 0.25) is 0 Å². The highest BCUT2D eigenvalue weighted by Gasteiger charge is 2.17. The van der Waals surface area contributed by atoms with Crippen LogP contribution >= 0.6 is 0 Å². The molecule has 0 bridgehead atoms. The summed E-state index contributed by atoms with van der Waals surface area (Å²) >= 11 is 0. The maximum absolute atomic E-state index is 12.7. The molecule has 0 fully saturated rings. The number of nitrogens with zero attached hydrogens (tertiary/aromatic N) is 4. The molecule has 0 unspecified atom stereocenters. The monoisotopic (exact) mass is 489 g/mol. The lowest BCUT2D eigenvalue weighted by Crippen LogP contribution is -2.14. The third kappa shape index (κ3) is 5.80. The molecule has 0 spiro atoms. The highest BCUT2D eigenvalue weighted by molar-refractivity contribution is 6.03. The van der Waals surface area contributed by atoms with E-state index in [0.29, 0.717) is 5.75 Å². The number of nitro benzene ring substituents is 2. The van der Waals surface area contributed by atoms with E-state index in [9.17, 15) is 25.0 Å². The van der Waals surface area contributed by atoms with Crippen LogP contribution in [0.4, 0.5) is 17.1 Å². The van der Waals surface area contributed by atoms with Crippen LogP contribution in [0.3, 0.4) is 0 Å². The number of ether oxygens (including phenoxy) is 2. The summed E-state index contributed by atoms with van der Waals surface area (Å²) in [6.45, 7) is 1.74. The second kappa shape index (κ2) is 10.3. The van der Waals surface area contributed by atoms with E-state index < -0.39 is 15.8 Å². The number of aryl methyl sites for hydroxylation is 1. The van der Waals surface area contributed by atoms with Gasteiger partial charge < -0.3 is 14.8 Å². The number of hydrogen-bond donors (Lipinski definition) is 1. The molecule has 4 rings (SSSR count). The van der Waals surface area contributed by atoms with Gasteiger partial charge in [0.1, 0.15) is 11.5 Å². The van der Waals surface area contributed by atoms with Crippen molar-refractivity contribution in [1.82, 2.24) is 9.78 Å². The summed E-state index contributed by atoms with van der Waals surface area (Å²) in [5, 5.41) is 29.2. The zero-order chi connectivity index (χ0) is 25.7. The Morgan fingerprint density at radius 2 is 1.72 bits per heavy atom. The van der Waals surface area contributed by atoms with Crippen molar-refractivity contribution in [3.05, 3.63) is 110 Å². The molecule has 3 aromatic carbocycles. The van der Waals surface area contributed by atoms with E-state index in [1.54, 1.807) is 18.2 Å². The zero-order valence-electron chi connectivity index (χ0n) is 18.9. The normalized spacial score (nSPS) is 10.5. The molecule has 36 heavy (non-hydrogen) atoms. The zero-order valence-corrected chi connectivity index (χ0v) is 18.9. The van der Waals surface area contributed by atoms with Crippen LogP contribution in [0.15, 0.2) is 79.0 Å². The van der Waals surface area contributed by atoms with Crippen molar-refractivity contribution in [3.8, 4) is 17.2 Å². The number of aromatic nitrogens is 2. The largest absolute Gasteiger partial charge is 0.464 e. The number of para-hydroxylation sites is 2. The van der Waals surface area contributed by atoms with Crippen molar-refractivity contribution < 1.29 is 24.1 Å². The van der Waals surface area contributed by atoms with Gasteiger partial charge in [0.25, 0.3) is 11.6 Å². The lowest BCUT2D eigenvalue weighted by Gasteiger charge is -2.09. The van der Waals surface area contributed by atoms with Crippen molar-refractivity contribution in [2.75, 3.05) is 5.32 Å². The topological polar surface area (TPSA) is 152 Å². The van der Waals surface area contributed by atoms with Crippen LogP contribution in [-0.4, -0.2) is 25.5 Å². The third-order valence-corrected chi connectivity index (χ3v) is 4.90. The Balaban J connectivity index is 1.46. The van der Waals surface area contributed by atoms with E-state index in [0.717, 1.165) is 5.56 Å². The smallest absolute Gasteiger partial charge is 0.311 e. The maximum atomic E-state index is 12.7. The Kier molecular flexibility index (Phi) is 6.86. The van der Waals surface area contributed by atoms with Crippen LogP contribution < -0.4 is 14.8 Å². The second-order valence-electron chi connectivity index (χ2n) is 7.58. The number of amides is 1. The Hall–Kier alpha value is -5.26. The molecule has 12 nitrogen and oxygen atoms in total. The van der Waals surface area contributed by atoms with Gasteiger partial charge in [-0.3, -0.25) is 25.0 Å². The average molecular weight is 489 g/mol. The van der Waals surface area contributed by atoms with Gasteiger partial charge in [-0.2, -0.15) is 5.10 Å². The highest BCUT2D eigenvalue weighted by Crippen LogP contribution is 2.30. The van der Waals surface area contributed by atoms with Crippen molar-refractivity contribution in [2.45, 2.75) is 13.7 Å². The minimum Gasteiger partial charge on any atom is -0.464 e. The van der Waals surface area contributed by atoms with Crippen molar-refractivity contribution >= 4 is 23.0 Å². The summed E-state index contributed by atoms with van der Waals surface area (Å²) in [5.74, 6) is 0.0884. The maximum Gasteiger partial charge on any atom is 0.311 e. The number of nitro groups is 2. The molecule has 1 aromatic heterocycles. The first-order valence-electron chi connectivity index (χ1n) is 10.5. The van der Waals surface area contributed by atoms with Crippen molar-refractivity contribution in [3.63, 3.8) is 0 Å². The quantitative estimate of drug-likeness (QED) is 0.252. The molecule has 0 aliphatic heterocycles. The van der Waals surface area contributed by atoms with Crippen LogP contribution in [0.5, 0.6) is 17.2 Å². The van der Waals surface area contributed by atoms with Crippen molar-refractivity contribution in [1.29, 1.82) is 0 Å². The number of rotatable bonds is 9. The van der Waals surface area contributed by atoms with E-state index in [-0.39, 0.29) is 41.0 Å². The van der Waals surface area contributed by atoms with Crippen molar-refractivity contribution in [2.24, 2.45) is 0 Å². The second-order valence-corrected chi connectivity index (χ2v) is 7.58. The number of carbonyl (C=O) groups is 1. The van der Waals surface area contributed by atoms with Gasteiger partial charge in [-0.25, -0.2) is 4.68 Å². The number of anilines is 1. The van der Waals surface area contributed by atoms with Crippen LogP contribution in [-0.2, 0) is 6.73 Å². The number of non-ortho nitro benzene ring substituents is 1. The van der Waals surface area contributed by atoms with E-state index in [1.165, 1.54) is 53.3 Å². The summed E-state index contributed by atoms with van der Waals surface area (Å²) in [5.41, 5.74) is 0.715. The Morgan fingerprint density at radius 1 is 0.972 bits per heavy atom. The van der Waals surface area contributed by atoms with E-state index in [2.05, 4.69) is 10.4 Å². The summed E-state index contributed by atoms with van der Waals surface area (Å²) in [6.07, 6.45) is 1.46. The Labute approximate surface area is 204 Å². The first kappa shape index (κ1) is 23.9. The van der Waals surface area contributed by atoms with Gasteiger partial charge in [0.05, 0.1) is 21.6 Å². The van der Waals surface area contributed by atoms with Crippen LogP contribution in [0.1, 0.15) is 16.1 Å². The van der Waals surface area contributed by atoms with E-state index in [1.807, 2.05) is 19.1 Å². The fourth-order valence-corrected chi connectivity index (χ4v) is 3.18. The number of benzene rings is 3. The molecule has 12 heteroatoms. The van der Waals surface area contributed by atoms with Crippen LogP contribution in [0.25, 0.3) is 0 Å². The highest BCUT2D eigenvalue weighted by atomic mass is 16.6. The molecule has 0 atom stereocenters. The molecule has 0 radical (unpaired) electrons. The minimum atomic E-state index is -0.624. The van der Waals surface area contributed by atoms with Gasteiger partial charge in [-0.1, -0.05) is 29.8 Å². The number of nitrogens with one attached hydrogen (secondary N) is 1. The predicted molar refractivity (Wildman–Crippen MR) is 128 cm³/mol. The molecule has 0 aliphatic rings. The first-order chi connectivity index (χ1) is 17.3.